The summed E-state index contributed by atoms with van der Waals surface area (Å²) in [6.07, 6.45) is 1.43. The van der Waals surface area contributed by atoms with Crippen molar-refractivity contribution in [3.8, 4) is 11.3 Å². The zero-order valence-corrected chi connectivity index (χ0v) is 6.46. The summed E-state index contributed by atoms with van der Waals surface area (Å²) >= 11 is 0. The molecule has 0 saturated heterocycles. The molecule has 0 unspecified atom stereocenters. The van der Waals surface area contributed by atoms with E-state index in [1.165, 1.54) is 6.26 Å². The molecular formula is C8H7NO3. The highest BCUT2D eigenvalue weighted by atomic mass is 16.4. The maximum absolute atomic E-state index is 11.0. The van der Waals surface area contributed by atoms with E-state index >= 15 is 0 Å². The SMILES string of the molecule is Cc1c2ccoc(N)c-2oc1=O. The first kappa shape index (κ1) is 6.97. The Hall–Kier alpha value is -1.71. The number of anilines is 1. The Balaban J connectivity index is 2.92. The minimum absolute atomic E-state index is 0.137. The van der Waals surface area contributed by atoms with Gasteiger partial charge in [-0.05, 0) is 13.0 Å². The van der Waals surface area contributed by atoms with Gasteiger partial charge in [-0.3, -0.25) is 0 Å². The molecule has 2 heterocycles. The molecule has 0 aliphatic carbocycles. The molecule has 0 bridgehead atoms. The van der Waals surface area contributed by atoms with Gasteiger partial charge in [0, 0.05) is 11.1 Å². The number of nitrogen functional groups attached to an aromatic ring is 1. The summed E-state index contributed by atoms with van der Waals surface area (Å²) in [5.41, 5.74) is 6.35. The van der Waals surface area contributed by atoms with Gasteiger partial charge in [0.25, 0.3) is 0 Å². The highest BCUT2D eigenvalue weighted by Gasteiger charge is 2.17. The zero-order chi connectivity index (χ0) is 8.72. The van der Waals surface area contributed by atoms with E-state index in [0.717, 1.165) is 0 Å². The van der Waals surface area contributed by atoms with Crippen LogP contribution in [0.25, 0.3) is 11.3 Å². The van der Waals surface area contributed by atoms with Gasteiger partial charge in [0.05, 0.1) is 6.26 Å². The van der Waals surface area contributed by atoms with Gasteiger partial charge < -0.3 is 14.6 Å². The summed E-state index contributed by atoms with van der Waals surface area (Å²) in [5.74, 6) is 0.470. The third kappa shape index (κ3) is 0.747. The molecule has 4 nitrogen and oxygen atoms in total. The molecule has 2 rings (SSSR count). The van der Waals surface area contributed by atoms with Gasteiger partial charge in [-0.15, -0.1) is 0 Å². The van der Waals surface area contributed by atoms with Crippen LogP contribution < -0.4 is 11.4 Å². The number of furan rings is 1. The van der Waals surface area contributed by atoms with Crippen LogP contribution >= 0.6 is 0 Å². The highest BCUT2D eigenvalue weighted by molar-refractivity contribution is 5.70. The van der Waals surface area contributed by atoms with Crippen molar-refractivity contribution in [2.24, 2.45) is 0 Å². The third-order valence-corrected chi connectivity index (χ3v) is 1.80. The Labute approximate surface area is 67.9 Å². The van der Waals surface area contributed by atoms with Gasteiger partial charge in [0.15, 0.2) is 5.76 Å². The lowest BCUT2D eigenvalue weighted by Gasteiger charge is -1.97. The standard InChI is InChI=1S/C8H7NO3/c1-4-5-2-3-11-7(9)6(5)12-8(4)10/h2-3H,9H2,1H3. The molecule has 0 aromatic heterocycles. The molecule has 4 heteroatoms. The van der Waals surface area contributed by atoms with E-state index in [4.69, 9.17) is 14.6 Å². The fourth-order valence-corrected chi connectivity index (χ4v) is 1.12. The molecule has 0 radical (unpaired) electrons. The average Bonchev–Trinajstić information content (AvgIpc) is 2.32. The van der Waals surface area contributed by atoms with Crippen LogP contribution in [0.15, 0.2) is 26.0 Å². The number of nitrogens with two attached hydrogens (primary N) is 1. The maximum Gasteiger partial charge on any atom is 0.340 e. The van der Waals surface area contributed by atoms with Crippen LogP contribution in [0.5, 0.6) is 0 Å². The van der Waals surface area contributed by atoms with Gasteiger partial charge >= 0.3 is 5.63 Å². The summed E-state index contributed by atoms with van der Waals surface area (Å²) in [7, 11) is 0. The predicted octanol–water partition coefficient (Wildman–Crippen LogP) is 1.23. The van der Waals surface area contributed by atoms with E-state index in [2.05, 4.69) is 0 Å². The number of fused-ring (bicyclic) bond motifs is 1. The minimum Gasteiger partial charge on any atom is -0.446 e. The van der Waals surface area contributed by atoms with Crippen molar-refractivity contribution in [2.75, 3.05) is 5.73 Å². The maximum atomic E-state index is 11.0. The number of hydrogen-bond acceptors (Lipinski definition) is 4. The van der Waals surface area contributed by atoms with Crippen molar-refractivity contribution in [1.29, 1.82) is 0 Å². The van der Waals surface area contributed by atoms with E-state index in [1.54, 1.807) is 13.0 Å². The van der Waals surface area contributed by atoms with E-state index < -0.39 is 0 Å². The highest BCUT2D eigenvalue weighted by Crippen LogP contribution is 2.28. The molecule has 0 spiro atoms. The molecule has 0 fully saturated rings. The first-order valence-corrected chi connectivity index (χ1v) is 3.46. The van der Waals surface area contributed by atoms with Crippen LogP contribution in [0.3, 0.4) is 0 Å². The van der Waals surface area contributed by atoms with E-state index in [-0.39, 0.29) is 11.5 Å². The van der Waals surface area contributed by atoms with Crippen LogP contribution in [0.4, 0.5) is 5.88 Å². The smallest absolute Gasteiger partial charge is 0.340 e. The summed E-state index contributed by atoms with van der Waals surface area (Å²) in [4.78, 5) is 11.0. The second kappa shape index (κ2) is 2.14. The van der Waals surface area contributed by atoms with Gasteiger partial charge in [-0.1, -0.05) is 0 Å². The Morgan fingerprint density at radius 1 is 1.50 bits per heavy atom. The molecular weight excluding hydrogens is 158 g/mol. The Bertz CT molecular complexity index is 440. The molecule has 0 aromatic carbocycles. The molecule has 0 aromatic rings. The second-order valence-corrected chi connectivity index (χ2v) is 2.54. The largest absolute Gasteiger partial charge is 0.446 e. The fraction of sp³-hybridized carbons (Fsp3) is 0.125. The summed E-state index contributed by atoms with van der Waals surface area (Å²) in [6, 6.07) is 1.66. The Kier molecular flexibility index (Phi) is 1.24. The average molecular weight is 165 g/mol. The minimum atomic E-state index is -0.363. The molecule has 0 amide bonds. The predicted molar refractivity (Wildman–Crippen MR) is 43.0 cm³/mol. The number of rotatable bonds is 0. The van der Waals surface area contributed by atoms with Gasteiger partial charge in [-0.2, -0.15) is 0 Å². The van der Waals surface area contributed by atoms with E-state index in [0.29, 0.717) is 16.9 Å². The lowest BCUT2D eigenvalue weighted by molar-refractivity contribution is 0.506. The summed E-state index contributed by atoms with van der Waals surface area (Å²) in [5, 5.41) is 0. The Morgan fingerprint density at radius 3 is 2.92 bits per heavy atom. The summed E-state index contributed by atoms with van der Waals surface area (Å²) < 4.78 is 9.71. The topological polar surface area (TPSA) is 69.4 Å². The van der Waals surface area contributed by atoms with Crippen LogP contribution in [0.2, 0.25) is 0 Å². The second-order valence-electron chi connectivity index (χ2n) is 2.54. The Morgan fingerprint density at radius 2 is 2.25 bits per heavy atom. The molecule has 2 N–H and O–H groups in total. The van der Waals surface area contributed by atoms with Gasteiger partial charge in [0.2, 0.25) is 5.88 Å². The van der Waals surface area contributed by atoms with Crippen LogP contribution in [0, 0.1) is 6.92 Å². The van der Waals surface area contributed by atoms with E-state index in [1.807, 2.05) is 0 Å². The van der Waals surface area contributed by atoms with Crippen molar-refractivity contribution in [3.05, 3.63) is 28.3 Å². The van der Waals surface area contributed by atoms with Crippen LogP contribution in [-0.4, -0.2) is 0 Å². The number of hydrogen-bond donors (Lipinski definition) is 1. The van der Waals surface area contributed by atoms with Crippen molar-refractivity contribution < 1.29 is 8.83 Å². The zero-order valence-electron chi connectivity index (χ0n) is 6.46. The lowest BCUT2D eigenvalue weighted by atomic mass is 10.1. The monoisotopic (exact) mass is 165 g/mol. The quantitative estimate of drug-likeness (QED) is 0.637. The van der Waals surface area contributed by atoms with Crippen molar-refractivity contribution in [1.82, 2.24) is 0 Å². The van der Waals surface area contributed by atoms with Crippen molar-refractivity contribution in [3.63, 3.8) is 0 Å². The first-order chi connectivity index (χ1) is 5.70. The summed E-state index contributed by atoms with van der Waals surface area (Å²) in [6.45, 7) is 1.69. The molecule has 2 aliphatic rings. The molecule has 62 valence electrons. The first-order valence-electron chi connectivity index (χ1n) is 3.46. The van der Waals surface area contributed by atoms with Gasteiger partial charge in [0.1, 0.15) is 0 Å². The molecule has 0 atom stereocenters. The lowest BCUT2D eigenvalue weighted by Crippen LogP contribution is -1.93. The molecule has 12 heavy (non-hydrogen) atoms. The molecule has 2 aliphatic heterocycles. The van der Waals surface area contributed by atoms with Crippen molar-refractivity contribution >= 4 is 5.88 Å². The molecule has 0 saturated carbocycles. The normalized spacial score (nSPS) is 10.8. The van der Waals surface area contributed by atoms with Crippen LogP contribution in [-0.2, 0) is 0 Å². The third-order valence-electron chi connectivity index (χ3n) is 1.80. The van der Waals surface area contributed by atoms with E-state index in [9.17, 15) is 4.79 Å². The van der Waals surface area contributed by atoms with Crippen LogP contribution in [0.1, 0.15) is 5.56 Å². The van der Waals surface area contributed by atoms with Crippen molar-refractivity contribution in [2.45, 2.75) is 6.92 Å². The van der Waals surface area contributed by atoms with Gasteiger partial charge in [-0.25, -0.2) is 4.79 Å². The fourth-order valence-electron chi connectivity index (χ4n) is 1.12.